The Hall–Kier alpha value is -1.28. The summed E-state index contributed by atoms with van der Waals surface area (Å²) in [7, 11) is -3.67. The minimum absolute atomic E-state index is 0.0413. The van der Waals surface area contributed by atoms with Crippen molar-refractivity contribution in [3.05, 3.63) is 34.9 Å². The molecule has 3 saturated carbocycles. The molecule has 44 heavy (non-hydrogen) atoms. The third kappa shape index (κ3) is 5.97. The number of rotatable bonds is 4. The molecule has 4 bridgehead atoms. The molecule has 1 aromatic rings. The fourth-order valence-electron chi connectivity index (χ4n) is 9.04. The predicted octanol–water partition coefficient (Wildman–Crippen LogP) is 4.20. The number of alkyl halides is 3. The highest BCUT2D eigenvalue weighted by molar-refractivity contribution is 7.90. The second kappa shape index (κ2) is 11.5. The van der Waals surface area contributed by atoms with Crippen LogP contribution in [0.4, 0.5) is 13.2 Å². The van der Waals surface area contributed by atoms with Crippen molar-refractivity contribution >= 4 is 10.0 Å². The van der Waals surface area contributed by atoms with E-state index in [0.29, 0.717) is 25.8 Å². The number of ether oxygens (including phenoxy) is 1. The predicted molar refractivity (Wildman–Crippen MR) is 162 cm³/mol. The molecule has 1 spiro atoms. The first-order chi connectivity index (χ1) is 20.9. The maximum Gasteiger partial charge on any atom is 0.394 e. The molecule has 12 heteroatoms. The lowest BCUT2D eigenvalue weighted by molar-refractivity contribution is -0.197. The molecule has 3 aliphatic heterocycles. The quantitative estimate of drug-likeness (QED) is 0.393. The van der Waals surface area contributed by atoms with Crippen LogP contribution in [0.5, 0.6) is 0 Å². The zero-order valence-corrected chi connectivity index (χ0v) is 26.7. The van der Waals surface area contributed by atoms with Gasteiger partial charge in [-0.2, -0.15) is 17.9 Å². The summed E-state index contributed by atoms with van der Waals surface area (Å²) in [5, 5.41) is 9.65. The van der Waals surface area contributed by atoms with Gasteiger partial charge in [0.25, 0.3) is 0 Å². The van der Waals surface area contributed by atoms with E-state index in [0.717, 1.165) is 55.5 Å². The summed E-state index contributed by atoms with van der Waals surface area (Å²) in [6, 6.07) is 5.75. The van der Waals surface area contributed by atoms with Crippen molar-refractivity contribution in [1.29, 1.82) is 0 Å². The van der Waals surface area contributed by atoms with Gasteiger partial charge in [0.15, 0.2) is 0 Å². The first-order valence-corrected chi connectivity index (χ1v) is 18.1. The third-order valence-electron chi connectivity index (χ3n) is 11.8. The van der Waals surface area contributed by atoms with Crippen LogP contribution in [0, 0.1) is 30.6 Å². The van der Waals surface area contributed by atoms with E-state index in [1.54, 1.807) is 0 Å². The first kappa shape index (κ1) is 31.3. The van der Waals surface area contributed by atoms with Crippen LogP contribution in [0.25, 0.3) is 0 Å². The van der Waals surface area contributed by atoms with E-state index in [-0.39, 0.29) is 55.3 Å². The van der Waals surface area contributed by atoms with Crippen molar-refractivity contribution in [2.45, 2.75) is 120 Å². The van der Waals surface area contributed by atoms with Gasteiger partial charge in [0, 0.05) is 44.2 Å². The first-order valence-electron chi connectivity index (χ1n) is 16.6. The largest absolute Gasteiger partial charge is 0.394 e. The van der Waals surface area contributed by atoms with Gasteiger partial charge in [-0.15, -0.1) is 0 Å². The summed E-state index contributed by atoms with van der Waals surface area (Å²) in [6.45, 7) is 6.87. The molecule has 6 aliphatic rings. The van der Waals surface area contributed by atoms with Gasteiger partial charge in [-0.3, -0.25) is 15.5 Å². The Morgan fingerprint density at radius 1 is 1.05 bits per heavy atom. The average Bonchev–Trinajstić information content (AvgIpc) is 3.69. The van der Waals surface area contributed by atoms with Gasteiger partial charge in [0.2, 0.25) is 10.0 Å². The number of sulfonamides is 1. The lowest BCUT2D eigenvalue weighted by Gasteiger charge is -2.59. The summed E-state index contributed by atoms with van der Waals surface area (Å²) in [5.74, 6) is 0.119. The van der Waals surface area contributed by atoms with Gasteiger partial charge in [-0.05, 0) is 93.2 Å². The second-order valence-corrected chi connectivity index (χ2v) is 17.0. The van der Waals surface area contributed by atoms with Gasteiger partial charge in [0.05, 0.1) is 17.3 Å². The molecule has 0 aromatic heterocycles. The van der Waals surface area contributed by atoms with Crippen molar-refractivity contribution in [3.63, 3.8) is 0 Å². The van der Waals surface area contributed by atoms with E-state index in [2.05, 4.69) is 51.6 Å². The van der Waals surface area contributed by atoms with Crippen molar-refractivity contribution in [3.8, 4) is 0 Å². The Balaban J connectivity index is 1.22. The van der Waals surface area contributed by atoms with Gasteiger partial charge >= 0.3 is 6.18 Å². The van der Waals surface area contributed by atoms with E-state index in [1.165, 1.54) is 0 Å². The lowest BCUT2D eigenvalue weighted by atomic mass is 9.61. The molecular weight excluding hydrogens is 591 g/mol. The van der Waals surface area contributed by atoms with Crippen LogP contribution in [0.3, 0.4) is 0 Å². The molecule has 6 atom stereocenters. The Labute approximate surface area is 259 Å². The van der Waals surface area contributed by atoms with E-state index < -0.39 is 39.4 Å². The molecule has 4 N–H and O–H groups in total. The summed E-state index contributed by atoms with van der Waals surface area (Å²) >= 11 is 0. The van der Waals surface area contributed by atoms with Crippen molar-refractivity contribution in [1.82, 2.24) is 25.6 Å². The standard InChI is InChI=1S/C32H48F3N5O3S/c1-20-5-3-6-21(2)28(20)26-12-27-38-29(37-26)39-44(41,42)25-8-4-7-22(11-25)16-40(23-13-30(14-23)18-36-19-30)24(17-43-27)15-31(9-10-31)32(33,34)35/h3,5-6,22-27,29,36-39H,4,7-19H2,1-2H3/t22?,24-,25?,26?,27?,29?/m1/s1. The van der Waals surface area contributed by atoms with E-state index in [1.807, 2.05) is 6.07 Å². The van der Waals surface area contributed by atoms with Crippen LogP contribution >= 0.6 is 0 Å². The maximum atomic E-state index is 14.4. The Morgan fingerprint density at radius 2 is 1.77 bits per heavy atom. The molecule has 0 amide bonds. The number of nitrogens with zero attached hydrogens (tertiary/aromatic N) is 1. The summed E-state index contributed by atoms with van der Waals surface area (Å²) in [6.07, 6.45) is 0.197. The van der Waals surface area contributed by atoms with Crippen LogP contribution in [0.15, 0.2) is 18.2 Å². The van der Waals surface area contributed by atoms with Crippen molar-refractivity contribution < 1.29 is 26.3 Å². The monoisotopic (exact) mass is 639 g/mol. The number of halogens is 3. The number of hydrogen-bond acceptors (Lipinski definition) is 7. The van der Waals surface area contributed by atoms with Crippen molar-refractivity contribution in [2.24, 2.45) is 16.7 Å². The normalized spacial score (nSPS) is 37.1. The van der Waals surface area contributed by atoms with E-state index in [4.69, 9.17) is 4.74 Å². The van der Waals surface area contributed by atoms with Gasteiger partial charge in [-0.25, -0.2) is 8.42 Å². The Kier molecular flexibility index (Phi) is 8.15. The summed E-state index contributed by atoms with van der Waals surface area (Å²) in [4.78, 5) is 2.35. The average molecular weight is 640 g/mol. The number of fused-ring (bicyclic) bond motifs is 4. The number of hydrogen-bond donors (Lipinski definition) is 4. The van der Waals surface area contributed by atoms with Crippen LogP contribution in [0.2, 0.25) is 0 Å². The molecule has 3 heterocycles. The third-order valence-corrected chi connectivity index (χ3v) is 13.7. The Bertz CT molecular complexity index is 1310. The summed E-state index contributed by atoms with van der Waals surface area (Å²) < 4.78 is 80.3. The van der Waals surface area contributed by atoms with E-state index in [9.17, 15) is 21.6 Å². The minimum Gasteiger partial charge on any atom is -0.362 e. The number of aryl methyl sites for hydroxylation is 2. The van der Waals surface area contributed by atoms with Crippen LogP contribution in [-0.4, -0.2) is 75.6 Å². The molecule has 5 unspecified atom stereocenters. The lowest BCUT2D eigenvalue weighted by Crippen LogP contribution is -2.67. The number of benzene rings is 1. The zero-order chi connectivity index (χ0) is 30.9. The molecule has 8 nitrogen and oxygen atoms in total. The van der Waals surface area contributed by atoms with Crippen LogP contribution < -0.4 is 20.7 Å². The highest BCUT2D eigenvalue weighted by Gasteiger charge is 2.64. The van der Waals surface area contributed by atoms with Gasteiger partial charge in [0.1, 0.15) is 12.5 Å². The fourth-order valence-corrected chi connectivity index (χ4v) is 10.7. The molecule has 1 aromatic carbocycles. The van der Waals surface area contributed by atoms with E-state index >= 15 is 0 Å². The van der Waals surface area contributed by atoms with Crippen LogP contribution in [0.1, 0.15) is 86.9 Å². The molecule has 3 saturated heterocycles. The molecule has 246 valence electrons. The second-order valence-electron chi connectivity index (χ2n) is 15.0. The topological polar surface area (TPSA) is 94.7 Å². The fraction of sp³-hybridized carbons (Fsp3) is 0.812. The van der Waals surface area contributed by atoms with Crippen molar-refractivity contribution in [2.75, 3.05) is 26.2 Å². The molecular formula is C32H48F3N5O3S. The molecule has 6 fully saturated rings. The SMILES string of the molecule is Cc1cccc(C)c1C1CC2NC(N1)NS(=O)(=O)C1CCCC(C1)CN(C1CC3(CNC3)C1)[C@H](CC1(C(F)(F)F)CC1)CO2. The summed E-state index contributed by atoms with van der Waals surface area (Å²) in [5.41, 5.74) is 1.94. The molecule has 7 rings (SSSR count). The molecule has 0 radical (unpaired) electrons. The van der Waals surface area contributed by atoms with Gasteiger partial charge in [-0.1, -0.05) is 24.6 Å². The Morgan fingerprint density at radius 3 is 2.41 bits per heavy atom. The van der Waals surface area contributed by atoms with Crippen LogP contribution in [-0.2, 0) is 14.8 Å². The van der Waals surface area contributed by atoms with Gasteiger partial charge < -0.3 is 10.1 Å². The molecule has 3 aliphatic carbocycles. The smallest absolute Gasteiger partial charge is 0.362 e. The highest BCUT2D eigenvalue weighted by atomic mass is 32.2. The highest BCUT2D eigenvalue weighted by Crippen LogP contribution is 2.61. The minimum atomic E-state index is -4.24. The zero-order valence-electron chi connectivity index (χ0n) is 25.9. The number of nitrogens with one attached hydrogen (secondary N) is 4. The maximum absolute atomic E-state index is 14.4.